The van der Waals surface area contributed by atoms with Gasteiger partial charge in [-0.1, -0.05) is 0 Å². The van der Waals surface area contributed by atoms with Gasteiger partial charge in [-0.05, 0) is 38.5 Å². The molecule has 4 N–H and O–H groups in total. The van der Waals surface area contributed by atoms with E-state index in [-0.39, 0.29) is 0 Å². The average Bonchev–Trinajstić information content (AvgIpc) is 3.18. The van der Waals surface area contributed by atoms with Gasteiger partial charge in [0.2, 0.25) is 0 Å². The van der Waals surface area contributed by atoms with E-state index in [2.05, 4.69) is 20.7 Å². The first-order chi connectivity index (χ1) is 8.28. The van der Waals surface area contributed by atoms with Gasteiger partial charge in [0, 0.05) is 18.0 Å². The second kappa shape index (κ2) is 4.14. The van der Waals surface area contributed by atoms with E-state index in [0.717, 1.165) is 35.5 Å². The number of rotatable bonds is 5. The molecule has 2 aliphatic carbocycles. The van der Waals surface area contributed by atoms with Crippen LogP contribution in [-0.4, -0.2) is 16.5 Å². The summed E-state index contributed by atoms with van der Waals surface area (Å²) in [7, 11) is 0. The minimum absolute atomic E-state index is 0.546. The Hall–Kier alpha value is -1.36. The number of anilines is 2. The molecule has 0 radical (unpaired) electrons. The third-order valence-corrected chi connectivity index (χ3v) is 3.50. The predicted octanol–water partition coefficient (Wildman–Crippen LogP) is 1.77. The summed E-state index contributed by atoms with van der Waals surface area (Å²) in [6.45, 7) is 3.02. The Bertz CT molecular complexity index is 423. The van der Waals surface area contributed by atoms with Crippen molar-refractivity contribution in [2.75, 3.05) is 17.3 Å². The minimum atomic E-state index is 0.546. The molecule has 2 saturated carbocycles. The van der Waals surface area contributed by atoms with E-state index in [1.54, 1.807) is 0 Å². The SMILES string of the molecule is Cc1c(NN)nc(C2CC2)nc1NCC1CC1. The number of nitrogen functional groups attached to an aromatic ring is 1. The van der Waals surface area contributed by atoms with Gasteiger partial charge < -0.3 is 10.7 Å². The van der Waals surface area contributed by atoms with Crippen LogP contribution in [0.25, 0.3) is 0 Å². The fraction of sp³-hybridized carbons (Fsp3) is 0.667. The fourth-order valence-electron chi connectivity index (χ4n) is 1.93. The Morgan fingerprint density at radius 2 is 1.88 bits per heavy atom. The summed E-state index contributed by atoms with van der Waals surface area (Å²) in [6.07, 6.45) is 5.09. The lowest BCUT2D eigenvalue weighted by molar-refractivity contribution is 0.861. The van der Waals surface area contributed by atoms with E-state index < -0.39 is 0 Å². The molecule has 1 aromatic heterocycles. The third kappa shape index (κ3) is 2.34. The van der Waals surface area contributed by atoms with Gasteiger partial charge in [-0.15, -0.1) is 0 Å². The van der Waals surface area contributed by atoms with Gasteiger partial charge in [0.05, 0.1) is 0 Å². The number of hydrogen-bond donors (Lipinski definition) is 3. The lowest BCUT2D eigenvalue weighted by Crippen LogP contribution is -2.15. The van der Waals surface area contributed by atoms with Crippen molar-refractivity contribution in [2.24, 2.45) is 11.8 Å². The maximum absolute atomic E-state index is 5.51. The summed E-state index contributed by atoms with van der Waals surface area (Å²) >= 11 is 0. The monoisotopic (exact) mass is 233 g/mol. The number of nitrogens with two attached hydrogens (primary N) is 1. The molecule has 2 aliphatic rings. The smallest absolute Gasteiger partial charge is 0.148 e. The molecular formula is C12H19N5. The zero-order valence-electron chi connectivity index (χ0n) is 10.2. The molecule has 0 saturated heterocycles. The maximum atomic E-state index is 5.51. The van der Waals surface area contributed by atoms with E-state index in [0.29, 0.717) is 5.92 Å². The predicted molar refractivity (Wildman–Crippen MR) is 67.8 cm³/mol. The molecule has 0 atom stereocenters. The van der Waals surface area contributed by atoms with Crippen LogP contribution in [0.15, 0.2) is 0 Å². The highest BCUT2D eigenvalue weighted by Gasteiger charge is 2.28. The number of hydrazine groups is 1. The molecule has 0 bridgehead atoms. The van der Waals surface area contributed by atoms with Gasteiger partial charge in [0.1, 0.15) is 17.5 Å². The highest BCUT2D eigenvalue weighted by atomic mass is 15.3. The molecule has 5 heteroatoms. The van der Waals surface area contributed by atoms with E-state index >= 15 is 0 Å². The van der Waals surface area contributed by atoms with Crippen molar-refractivity contribution < 1.29 is 0 Å². The second-order valence-corrected chi connectivity index (χ2v) is 5.15. The van der Waals surface area contributed by atoms with Crippen LogP contribution in [0.4, 0.5) is 11.6 Å². The maximum Gasteiger partial charge on any atom is 0.148 e. The Kier molecular flexibility index (Phi) is 2.63. The molecule has 5 nitrogen and oxygen atoms in total. The number of nitrogens with one attached hydrogen (secondary N) is 2. The molecule has 0 unspecified atom stereocenters. The van der Waals surface area contributed by atoms with Crippen LogP contribution in [-0.2, 0) is 0 Å². The molecule has 3 rings (SSSR count). The van der Waals surface area contributed by atoms with Crippen LogP contribution in [0, 0.1) is 12.8 Å². The first-order valence-corrected chi connectivity index (χ1v) is 6.37. The van der Waals surface area contributed by atoms with Crippen molar-refractivity contribution in [3.05, 3.63) is 11.4 Å². The molecule has 1 aromatic rings. The Morgan fingerprint density at radius 3 is 2.47 bits per heavy atom. The van der Waals surface area contributed by atoms with Crippen LogP contribution in [0.2, 0.25) is 0 Å². The van der Waals surface area contributed by atoms with Crippen molar-refractivity contribution in [1.29, 1.82) is 0 Å². The Labute approximate surface area is 101 Å². The number of aromatic nitrogens is 2. The molecule has 92 valence electrons. The zero-order valence-corrected chi connectivity index (χ0v) is 10.2. The molecule has 0 spiro atoms. The summed E-state index contributed by atoms with van der Waals surface area (Å²) in [4.78, 5) is 9.09. The standard InChI is InChI=1S/C12H19N5/c1-7-10(14-6-8-2-3-8)15-12(9-4-5-9)16-11(7)17-13/h8-9H,2-6,13H2,1H3,(H2,14,15,16,17). The van der Waals surface area contributed by atoms with Crippen molar-refractivity contribution in [2.45, 2.75) is 38.5 Å². The van der Waals surface area contributed by atoms with Gasteiger partial charge in [-0.25, -0.2) is 15.8 Å². The van der Waals surface area contributed by atoms with E-state index in [4.69, 9.17) is 5.84 Å². The van der Waals surface area contributed by atoms with Crippen LogP contribution in [0.5, 0.6) is 0 Å². The molecule has 0 aliphatic heterocycles. The quantitative estimate of drug-likeness (QED) is 0.534. The first-order valence-electron chi connectivity index (χ1n) is 6.37. The third-order valence-electron chi connectivity index (χ3n) is 3.50. The van der Waals surface area contributed by atoms with Crippen LogP contribution in [0.1, 0.15) is 43.0 Å². The van der Waals surface area contributed by atoms with Crippen molar-refractivity contribution >= 4 is 11.6 Å². The number of hydrogen-bond acceptors (Lipinski definition) is 5. The largest absolute Gasteiger partial charge is 0.369 e. The highest BCUT2D eigenvalue weighted by Crippen LogP contribution is 2.39. The lowest BCUT2D eigenvalue weighted by Gasteiger charge is -2.13. The van der Waals surface area contributed by atoms with Crippen LogP contribution >= 0.6 is 0 Å². The molecular weight excluding hydrogens is 214 g/mol. The minimum Gasteiger partial charge on any atom is -0.369 e. The Balaban J connectivity index is 1.84. The Morgan fingerprint density at radius 1 is 1.18 bits per heavy atom. The van der Waals surface area contributed by atoms with E-state index in [1.165, 1.54) is 25.7 Å². The summed E-state index contributed by atoms with van der Waals surface area (Å²) in [6, 6.07) is 0. The molecule has 1 heterocycles. The van der Waals surface area contributed by atoms with Gasteiger partial charge in [0.25, 0.3) is 0 Å². The van der Waals surface area contributed by atoms with Gasteiger partial charge in [-0.3, -0.25) is 0 Å². The van der Waals surface area contributed by atoms with Gasteiger partial charge in [0.15, 0.2) is 0 Å². The first kappa shape index (κ1) is 10.8. The zero-order chi connectivity index (χ0) is 11.8. The van der Waals surface area contributed by atoms with E-state index in [1.807, 2.05) is 6.92 Å². The molecule has 17 heavy (non-hydrogen) atoms. The normalized spacial score (nSPS) is 19.2. The second-order valence-electron chi connectivity index (χ2n) is 5.15. The van der Waals surface area contributed by atoms with Crippen molar-refractivity contribution in [3.63, 3.8) is 0 Å². The summed E-state index contributed by atoms with van der Waals surface area (Å²) in [5.74, 6) is 9.52. The average molecular weight is 233 g/mol. The van der Waals surface area contributed by atoms with E-state index in [9.17, 15) is 0 Å². The van der Waals surface area contributed by atoms with Crippen LogP contribution in [0.3, 0.4) is 0 Å². The van der Waals surface area contributed by atoms with Crippen LogP contribution < -0.4 is 16.6 Å². The van der Waals surface area contributed by atoms with Crippen molar-refractivity contribution in [1.82, 2.24) is 9.97 Å². The summed E-state index contributed by atoms with van der Waals surface area (Å²) < 4.78 is 0. The molecule has 0 amide bonds. The highest BCUT2D eigenvalue weighted by molar-refractivity contribution is 5.57. The summed E-state index contributed by atoms with van der Waals surface area (Å²) in [5, 5.41) is 3.43. The van der Waals surface area contributed by atoms with Gasteiger partial charge in [-0.2, -0.15) is 0 Å². The van der Waals surface area contributed by atoms with Gasteiger partial charge >= 0.3 is 0 Å². The summed E-state index contributed by atoms with van der Waals surface area (Å²) in [5.41, 5.74) is 3.68. The number of nitrogens with zero attached hydrogens (tertiary/aromatic N) is 2. The topological polar surface area (TPSA) is 75.9 Å². The van der Waals surface area contributed by atoms with Crippen molar-refractivity contribution in [3.8, 4) is 0 Å². The molecule has 0 aromatic carbocycles. The molecule has 2 fully saturated rings. The lowest BCUT2D eigenvalue weighted by atomic mass is 10.2. The fourth-order valence-corrected chi connectivity index (χ4v) is 1.93.